The van der Waals surface area contributed by atoms with Crippen molar-refractivity contribution in [3.8, 4) is 28.8 Å². The molecule has 2 heterocycles. The predicted molar refractivity (Wildman–Crippen MR) is 99.5 cm³/mol. The van der Waals surface area contributed by atoms with Gasteiger partial charge in [0.1, 0.15) is 11.8 Å². The minimum Gasteiger partial charge on any atom is -0.479 e. The molecule has 0 aliphatic carbocycles. The zero-order chi connectivity index (χ0) is 18.8. The Morgan fingerprint density at radius 1 is 1.11 bits per heavy atom. The first-order valence-electron chi connectivity index (χ1n) is 8.11. The Morgan fingerprint density at radius 3 is 2.56 bits per heavy atom. The summed E-state index contributed by atoms with van der Waals surface area (Å²) in [5.74, 6) is 0.729. The van der Waals surface area contributed by atoms with Gasteiger partial charge in [-0.2, -0.15) is 9.94 Å². The maximum absolute atomic E-state index is 12.8. The van der Waals surface area contributed by atoms with Gasteiger partial charge in [0, 0.05) is 11.8 Å². The van der Waals surface area contributed by atoms with Crippen molar-refractivity contribution in [1.29, 1.82) is 5.26 Å². The largest absolute Gasteiger partial charge is 0.479 e. The highest BCUT2D eigenvalue weighted by Crippen LogP contribution is 2.22. The van der Waals surface area contributed by atoms with E-state index >= 15 is 0 Å². The second kappa shape index (κ2) is 6.65. The molecule has 0 saturated heterocycles. The van der Waals surface area contributed by atoms with Crippen molar-refractivity contribution in [2.45, 2.75) is 0 Å². The highest BCUT2D eigenvalue weighted by molar-refractivity contribution is 5.67. The summed E-state index contributed by atoms with van der Waals surface area (Å²) < 4.78 is 7.90. The van der Waals surface area contributed by atoms with Crippen LogP contribution < -0.4 is 16.2 Å². The van der Waals surface area contributed by atoms with Gasteiger partial charge >= 0.3 is 5.69 Å². The molecule has 0 aliphatic rings. The number of fused-ring (bicyclic) bond motifs is 1. The van der Waals surface area contributed by atoms with Gasteiger partial charge in [-0.05, 0) is 36.4 Å². The Kier molecular flexibility index (Phi) is 4.03. The van der Waals surface area contributed by atoms with E-state index in [1.165, 1.54) is 9.08 Å². The third kappa shape index (κ3) is 2.98. The van der Waals surface area contributed by atoms with E-state index in [1.54, 1.807) is 42.6 Å². The van der Waals surface area contributed by atoms with Crippen LogP contribution in [-0.4, -0.2) is 25.8 Å². The van der Waals surface area contributed by atoms with Crippen LogP contribution in [0.15, 0.2) is 65.6 Å². The van der Waals surface area contributed by atoms with Gasteiger partial charge in [-0.3, -0.25) is 0 Å². The predicted octanol–water partition coefficient (Wildman–Crippen LogP) is 2.03. The third-order valence-electron chi connectivity index (χ3n) is 3.99. The first kappa shape index (κ1) is 16.4. The minimum atomic E-state index is -0.333. The van der Waals surface area contributed by atoms with Crippen molar-refractivity contribution in [3.05, 3.63) is 71.3 Å². The van der Waals surface area contributed by atoms with Crippen molar-refractivity contribution < 1.29 is 4.74 Å². The average Bonchev–Trinajstić information content (AvgIpc) is 3.05. The number of aromatic nitrogens is 4. The van der Waals surface area contributed by atoms with E-state index < -0.39 is 0 Å². The number of hydrogen-bond acceptors (Lipinski definition) is 6. The first-order valence-corrected chi connectivity index (χ1v) is 8.11. The third-order valence-corrected chi connectivity index (χ3v) is 3.99. The summed E-state index contributed by atoms with van der Waals surface area (Å²) in [5, 5.41) is 12.9. The van der Waals surface area contributed by atoms with E-state index in [0.717, 1.165) is 5.56 Å². The number of nitriles is 1. The molecule has 8 heteroatoms. The zero-order valence-corrected chi connectivity index (χ0v) is 14.1. The summed E-state index contributed by atoms with van der Waals surface area (Å²) >= 11 is 0. The Balaban J connectivity index is 1.79. The van der Waals surface area contributed by atoms with E-state index in [1.807, 2.05) is 24.3 Å². The van der Waals surface area contributed by atoms with E-state index in [0.29, 0.717) is 22.8 Å². The molecular weight excluding hydrogens is 344 g/mol. The molecule has 8 nitrogen and oxygen atoms in total. The van der Waals surface area contributed by atoms with Crippen LogP contribution in [0.25, 0.3) is 22.6 Å². The molecule has 27 heavy (non-hydrogen) atoms. The molecule has 4 rings (SSSR count). The monoisotopic (exact) mass is 358 g/mol. The lowest BCUT2D eigenvalue weighted by molar-refractivity contribution is 0.368. The molecule has 2 aromatic carbocycles. The Labute approximate surface area is 153 Å². The fourth-order valence-electron chi connectivity index (χ4n) is 2.71. The highest BCUT2D eigenvalue weighted by atomic mass is 16.5. The molecule has 0 atom stereocenters. The van der Waals surface area contributed by atoms with Crippen LogP contribution in [0.1, 0.15) is 0 Å². The molecule has 0 fully saturated rings. The maximum atomic E-state index is 12.8. The van der Waals surface area contributed by atoms with Gasteiger partial charge in [0.2, 0.25) is 5.65 Å². The second-order valence-electron chi connectivity index (χ2n) is 5.71. The van der Waals surface area contributed by atoms with Gasteiger partial charge in [-0.1, -0.05) is 18.2 Å². The number of rotatable bonds is 4. The molecule has 0 bridgehead atoms. The van der Waals surface area contributed by atoms with Gasteiger partial charge in [-0.15, -0.1) is 5.10 Å². The van der Waals surface area contributed by atoms with Crippen LogP contribution in [0.5, 0.6) is 5.75 Å². The van der Waals surface area contributed by atoms with Gasteiger partial charge < -0.3 is 10.5 Å². The summed E-state index contributed by atoms with van der Waals surface area (Å²) in [6.07, 6.45) is 1.60. The van der Waals surface area contributed by atoms with Crippen LogP contribution >= 0.6 is 0 Å². The molecule has 2 aromatic heterocycles. The number of benzene rings is 2. The summed E-state index contributed by atoms with van der Waals surface area (Å²) in [4.78, 5) is 17.1. The van der Waals surface area contributed by atoms with Crippen molar-refractivity contribution in [2.24, 2.45) is 0 Å². The van der Waals surface area contributed by atoms with Crippen molar-refractivity contribution in [1.82, 2.24) is 19.2 Å². The fourth-order valence-corrected chi connectivity index (χ4v) is 2.71. The standard InChI is InChI=1S/C19H14N6O2/c20-10-11-27-15-8-6-13(7-9-15)16-12-24-18(17(21)22-16)23-25(19(24)26)14-4-2-1-3-5-14/h1-9,12H,11H2,(H2,21,22). The van der Waals surface area contributed by atoms with Crippen molar-refractivity contribution >= 4 is 11.5 Å². The lowest BCUT2D eigenvalue weighted by atomic mass is 10.1. The number of nitrogens with zero attached hydrogens (tertiary/aromatic N) is 5. The van der Waals surface area contributed by atoms with Crippen LogP contribution in [-0.2, 0) is 0 Å². The number of nitrogen functional groups attached to an aromatic ring is 1. The molecule has 132 valence electrons. The van der Waals surface area contributed by atoms with E-state index in [9.17, 15) is 4.79 Å². The Bertz CT molecular complexity index is 1200. The lowest BCUT2D eigenvalue weighted by Gasteiger charge is -2.05. The lowest BCUT2D eigenvalue weighted by Crippen LogP contribution is -2.19. The van der Waals surface area contributed by atoms with Crippen molar-refractivity contribution in [3.63, 3.8) is 0 Å². The topological polar surface area (TPSA) is 111 Å². The smallest absolute Gasteiger partial charge is 0.355 e. The summed E-state index contributed by atoms with van der Waals surface area (Å²) in [5.41, 5.74) is 7.93. The fraction of sp³-hybridized carbons (Fsp3) is 0.0526. The molecule has 2 N–H and O–H groups in total. The number of nitrogens with two attached hydrogens (primary N) is 1. The minimum absolute atomic E-state index is 0.0232. The number of hydrogen-bond donors (Lipinski definition) is 1. The number of ether oxygens (including phenoxy) is 1. The number of anilines is 1. The number of para-hydroxylation sites is 1. The van der Waals surface area contributed by atoms with Gasteiger partial charge in [-0.25, -0.2) is 14.2 Å². The summed E-state index contributed by atoms with van der Waals surface area (Å²) in [6, 6.07) is 18.0. The van der Waals surface area contributed by atoms with Gasteiger partial charge in [0.25, 0.3) is 0 Å². The van der Waals surface area contributed by atoms with Gasteiger partial charge in [0.05, 0.1) is 11.4 Å². The zero-order valence-electron chi connectivity index (χ0n) is 14.1. The maximum Gasteiger partial charge on any atom is 0.355 e. The van der Waals surface area contributed by atoms with E-state index in [2.05, 4.69) is 10.1 Å². The molecule has 0 saturated carbocycles. The second-order valence-corrected chi connectivity index (χ2v) is 5.71. The van der Waals surface area contributed by atoms with Crippen LogP contribution in [0.4, 0.5) is 5.82 Å². The Hall–Kier alpha value is -4.12. The highest BCUT2D eigenvalue weighted by Gasteiger charge is 2.14. The first-order chi connectivity index (χ1) is 13.2. The molecular formula is C19H14N6O2. The molecule has 0 unspecified atom stereocenters. The molecule has 0 amide bonds. The SMILES string of the molecule is N#CCOc1ccc(-c2cn3c(=O)n(-c4ccccc4)nc3c(N)n2)cc1. The van der Waals surface area contributed by atoms with Crippen LogP contribution in [0.3, 0.4) is 0 Å². The normalized spacial score (nSPS) is 10.6. The Morgan fingerprint density at radius 2 is 1.85 bits per heavy atom. The van der Waals surface area contributed by atoms with Crippen molar-refractivity contribution in [2.75, 3.05) is 12.3 Å². The van der Waals surface area contributed by atoms with E-state index in [4.69, 9.17) is 15.7 Å². The van der Waals surface area contributed by atoms with Crippen LogP contribution in [0, 0.1) is 11.3 Å². The summed E-state index contributed by atoms with van der Waals surface area (Å²) in [7, 11) is 0. The summed E-state index contributed by atoms with van der Waals surface area (Å²) in [6.45, 7) is -0.0232. The molecule has 0 aliphatic heterocycles. The molecule has 0 spiro atoms. The van der Waals surface area contributed by atoms with Gasteiger partial charge in [0.15, 0.2) is 12.4 Å². The quantitative estimate of drug-likeness (QED) is 0.597. The van der Waals surface area contributed by atoms with Crippen LogP contribution in [0.2, 0.25) is 0 Å². The molecule has 4 aromatic rings. The average molecular weight is 358 g/mol. The van der Waals surface area contributed by atoms with E-state index in [-0.39, 0.29) is 18.1 Å². The molecule has 0 radical (unpaired) electrons.